The fourth-order valence-electron chi connectivity index (χ4n) is 2.29. The van der Waals surface area contributed by atoms with Gasteiger partial charge in [-0.1, -0.05) is 6.92 Å². The largest absolute Gasteiger partial charge is 0.330 e. The van der Waals surface area contributed by atoms with Crippen LogP contribution in [-0.4, -0.2) is 26.5 Å². The Morgan fingerprint density at radius 2 is 1.82 bits per heavy atom. The van der Waals surface area contributed by atoms with Crippen LogP contribution in [0.2, 0.25) is 0 Å². The highest BCUT2D eigenvalue weighted by molar-refractivity contribution is 7.15. The highest BCUT2D eigenvalue weighted by atomic mass is 32.1. The minimum Gasteiger partial charge on any atom is -0.330 e. The molecule has 3 heterocycles. The lowest BCUT2D eigenvalue weighted by atomic mass is 10.0. The minimum absolute atomic E-state index is 0.355. The Labute approximate surface area is 133 Å². The maximum absolute atomic E-state index is 5.72. The third kappa shape index (κ3) is 3.03. The molecule has 1 atom stereocenters. The van der Waals surface area contributed by atoms with Gasteiger partial charge >= 0.3 is 0 Å². The van der Waals surface area contributed by atoms with Gasteiger partial charge in [0.1, 0.15) is 11.3 Å². The topological polar surface area (TPSA) is 77.6 Å². The van der Waals surface area contributed by atoms with Gasteiger partial charge in [-0.05, 0) is 31.0 Å². The first-order valence-corrected chi connectivity index (χ1v) is 7.98. The van der Waals surface area contributed by atoms with E-state index in [-0.39, 0.29) is 0 Å². The van der Waals surface area contributed by atoms with Crippen molar-refractivity contribution in [2.75, 3.05) is 6.54 Å². The number of hydrogen-bond acceptors (Lipinski definition) is 6. The lowest BCUT2D eigenvalue weighted by Crippen LogP contribution is -2.04. The van der Waals surface area contributed by atoms with Crippen LogP contribution in [0.1, 0.15) is 24.1 Å². The molecule has 0 saturated carbocycles. The van der Waals surface area contributed by atoms with Crippen molar-refractivity contribution in [3.63, 3.8) is 0 Å². The number of rotatable bonds is 5. The van der Waals surface area contributed by atoms with Crippen molar-refractivity contribution >= 4 is 11.3 Å². The number of hydrogen-bond donors (Lipinski definition) is 1. The van der Waals surface area contributed by atoms with Crippen LogP contribution in [0.4, 0.5) is 0 Å². The van der Waals surface area contributed by atoms with Gasteiger partial charge < -0.3 is 5.73 Å². The quantitative estimate of drug-likeness (QED) is 0.783. The summed E-state index contributed by atoms with van der Waals surface area (Å²) in [5, 5.41) is 0.986. The highest BCUT2D eigenvalue weighted by Gasteiger charge is 2.19. The molecule has 22 heavy (non-hydrogen) atoms. The summed E-state index contributed by atoms with van der Waals surface area (Å²) in [6.45, 7) is 2.85. The standard InChI is InChI=1S/C16H17N5S/c1-11(2-5-17)15-14(13-8-19-10-20-9-13)21-16(22-15)12-3-6-18-7-4-12/h3-4,6-11H,2,5,17H2,1H3. The second-order valence-electron chi connectivity index (χ2n) is 5.07. The van der Waals surface area contributed by atoms with Crippen LogP contribution in [0.3, 0.4) is 0 Å². The molecule has 0 amide bonds. The van der Waals surface area contributed by atoms with Gasteiger partial charge in [-0.15, -0.1) is 11.3 Å². The third-order valence-electron chi connectivity index (χ3n) is 3.46. The molecule has 0 aliphatic heterocycles. The predicted octanol–water partition coefficient (Wildman–Crippen LogP) is 3.11. The molecule has 0 aliphatic rings. The molecule has 3 aromatic heterocycles. The molecule has 0 aliphatic carbocycles. The fourth-order valence-corrected chi connectivity index (χ4v) is 3.47. The Kier molecular flexibility index (Phi) is 4.50. The second kappa shape index (κ2) is 6.72. The molecule has 0 fully saturated rings. The molecule has 1 unspecified atom stereocenters. The zero-order chi connectivity index (χ0) is 15.4. The lowest BCUT2D eigenvalue weighted by Gasteiger charge is -2.09. The number of pyridine rings is 1. The molecule has 0 radical (unpaired) electrons. The first-order chi connectivity index (χ1) is 10.8. The molecule has 0 aromatic carbocycles. The van der Waals surface area contributed by atoms with E-state index in [0.29, 0.717) is 12.5 Å². The molecule has 6 heteroatoms. The van der Waals surface area contributed by atoms with E-state index in [1.807, 2.05) is 12.1 Å². The van der Waals surface area contributed by atoms with Crippen LogP contribution in [0.5, 0.6) is 0 Å². The van der Waals surface area contributed by atoms with E-state index < -0.39 is 0 Å². The Bertz CT molecular complexity index is 727. The van der Waals surface area contributed by atoms with Crippen LogP contribution in [0.15, 0.2) is 43.2 Å². The second-order valence-corrected chi connectivity index (χ2v) is 6.10. The van der Waals surface area contributed by atoms with Gasteiger partial charge in [-0.2, -0.15) is 0 Å². The van der Waals surface area contributed by atoms with Crippen molar-refractivity contribution in [2.45, 2.75) is 19.3 Å². The maximum Gasteiger partial charge on any atom is 0.124 e. The van der Waals surface area contributed by atoms with Gasteiger partial charge in [-0.25, -0.2) is 15.0 Å². The normalized spacial score (nSPS) is 12.3. The van der Waals surface area contributed by atoms with Crippen LogP contribution < -0.4 is 5.73 Å². The van der Waals surface area contributed by atoms with Gasteiger partial charge in [-0.3, -0.25) is 4.98 Å². The monoisotopic (exact) mass is 311 g/mol. The lowest BCUT2D eigenvalue weighted by molar-refractivity contribution is 0.701. The molecule has 0 spiro atoms. The average molecular weight is 311 g/mol. The van der Waals surface area contributed by atoms with Crippen molar-refractivity contribution in [1.29, 1.82) is 0 Å². The maximum atomic E-state index is 5.72. The van der Waals surface area contributed by atoms with Gasteiger partial charge in [0.2, 0.25) is 0 Å². The van der Waals surface area contributed by atoms with Crippen molar-refractivity contribution in [1.82, 2.24) is 19.9 Å². The van der Waals surface area contributed by atoms with Gasteiger partial charge in [0.05, 0.1) is 5.69 Å². The van der Waals surface area contributed by atoms with Gasteiger partial charge in [0, 0.05) is 40.8 Å². The summed E-state index contributed by atoms with van der Waals surface area (Å²) >= 11 is 1.71. The average Bonchev–Trinajstić information content (AvgIpc) is 3.02. The number of thiazole rings is 1. The molecule has 5 nitrogen and oxygen atoms in total. The van der Waals surface area contributed by atoms with E-state index in [1.165, 1.54) is 11.2 Å². The van der Waals surface area contributed by atoms with E-state index >= 15 is 0 Å². The zero-order valence-electron chi connectivity index (χ0n) is 12.3. The van der Waals surface area contributed by atoms with Crippen LogP contribution in [0.25, 0.3) is 21.8 Å². The predicted molar refractivity (Wildman–Crippen MR) is 88.5 cm³/mol. The van der Waals surface area contributed by atoms with E-state index in [2.05, 4.69) is 21.9 Å². The number of nitrogens with zero attached hydrogens (tertiary/aromatic N) is 4. The van der Waals surface area contributed by atoms with Crippen molar-refractivity contribution in [3.8, 4) is 21.8 Å². The summed E-state index contributed by atoms with van der Waals surface area (Å²) in [7, 11) is 0. The van der Waals surface area contributed by atoms with Crippen molar-refractivity contribution in [2.24, 2.45) is 5.73 Å². The Morgan fingerprint density at radius 1 is 1.09 bits per heavy atom. The molecule has 112 valence electrons. The van der Waals surface area contributed by atoms with Gasteiger partial charge in [0.15, 0.2) is 0 Å². The van der Waals surface area contributed by atoms with E-state index in [4.69, 9.17) is 10.7 Å². The first kappa shape index (κ1) is 14.7. The van der Waals surface area contributed by atoms with Crippen molar-refractivity contribution in [3.05, 3.63) is 48.1 Å². The first-order valence-electron chi connectivity index (χ1n) is 7.16. The smallest absolute Gasteiger partial charge is 0.124 e. The number of aromatic nitrogens is 4. The van der Waals surface area contributed by atoms with E-state index in [0.717, 1.165) is 28.2 Å². The Balaban J connectivity index is 2.09. The summed E-state index contributed by atoms with van der Waals surface area (Å²) in [6, 6.07) is 3.95. The fraction of sp³-hybridized carbons (Fsp3) is 0.250. The van der Waals surface area contributed by atoms with Crippen LogP contribution in [0, 0.1) is 0 Å². The summed E-state index contributed by atoms with van der Waals surface area (Å²) in [4.78, 5) is 18.3. The molecular weight excluding hydrogens is 294 g/mol. The van der Waals surface area contributed by atoms with Gasteiger partial charge in [0.25, 0.3) is 0 Å². The summed E-state index contributed by atoms with van der Waals surface area (Å²) in [6.07, 6.45) is 9.63. The molecule has 3 aromatic rings. The minimum atomic E-state index is 0.355. The molecule has 3 rings (SSSR count). The molecule has 0 bridgehead atoms. The Hall–Kier alpha value is -2.18. The van der Waals surface area contributed by atoms with Crippen molar-refractivity contribution < 1.29 is 0 Å². The van der Waals surface area contributed by atoms with Crippen LogP contribution >= 0.6 is 11.3 Å². The highest BCUT2D eigenvalue weighted by Crippen LogP contribution is 2.38. The summed E-state index contributed by atoms with van der Waals surface area (Å²) in [5.41, 5.74) is 8.70. The van der Waals surface area contributed by atoms with E-state index in [9.17, 15) is 0 Å². The zero-order valence-corrected chi connectivity index (χ0v) is 13.1. The van der Waals surface area contributed by atoms with E-state index in [1.54, 1.807) is 36.1 Å². The van der Waals surface area contributed by atoms with Crippen LogP contribution in [-0.2, 0) is 0 Å². The summed E-state index contributed by atoms with van der Waals surface area (Å²) in [5.74, 6) is 0.355. The summed E-state index contributed by atoms with van der Waals surface area (Å²) < 4.78 is 0. The number of nitrogens with two attached hydrogens (primary N) is 1. The Morgan fingerprint density at radius 3 is 2.50 bits per heavy atom. The molecule has 2 N–H and O–H groups in total. The molecule has 0 saturated heterocycles. The SMILES string of the molecule is CC(CCN)c1sc(-c2ccncc2)nc1-c1cncnc1. The third-order valence-corrected chi connectivity index (χ3v) is 4.80. The molecular formula is C16H17N5S.